The van der Waals surface area contributed by atoms with E-state index in [1.807, 2.05) is 23.1 Å². The van der Waals surface area contributed by atoms with E-state index < -0.39 is 0 Å². The number of anilines is 1. The van der Waals surface area contributed by atoms with Crippen LogP contribution in [0.2, 0.25) is 0 Å². The Balaban J connectivity index is 1.16. The minimum atomic E-state index is 0.0607. The lowest BCUT2D eigenvalue weighted by molar-refractivity contribution is -0.133. The van der Waals surface area contributed by atoms with Crippen molar-refractivity contribution in [1.82, 2.24) is 4.90 Å². The van der Waals surface area contributed by atoms with Crippen molar-refractivity contribution in [2.75, 3.05) is 25.0 Å². The molecule has 32 heavy (non-hydrogen) atoms. The number of likely N-dealkylation sites (tertiary alicyclic amines) is 1. The van der Waals surface area contributed by atoms with Crippen molar-refractivity contribution in [1.29, 1.82) is 0 Å². The molecule has 1 saturated heterocycles. The van der Waals surface area contributed by atoms with Crippen LogP contribution in [-0.2, 0) is 16.0 Å². The Bertz CT molecular complexity index is 980. The Morgan fingerprint density at radius 2 is 1.91 bits per heavy atom. The van der Waals surface area contributed by atoms with E-state index in [4.69, 9.17) is 9.47 Å². The van der Waals surface area contributed by atoms with Gasteiger partial charge in [0, 0.05) is 44.5 Å². The van der Waals surface area contributed by atoms with Crippen molar-refractivity contribution in [3.05, 3.63) is 53.1 Å². The molecule has 0 aromatic heterocycles. The molecule has 2 aromatic carbocycles. The van der Waals surface area contributed by atoms with Crippen LogP contribution < -0.4 is 14.8 Å². The molecule has 2 aromatic rings. The monoisotopic (exact) mass is 436 g/mol. The number of hydrogen-bond donors (Lipinski definition) is 1. The van der Waals surface area contributed by atoms with Gasteiger partial charge in [-0.15, -0.1) is 0 Å². The number of nitrogens with one attached hydrogen (secondary N) is 1. The second-order valence-electron chi connectivity index (χ2n) is 8.79. The fourth-order valence-electron chi connectivity index (χ4n) is 4.26. The number of nitrogens with zero attached hydrogens (tertiary/aromatic N) is 1. The predicted molar refractivity (Wildman–Crippen MR) is 124 cm³/mol. The van der Waals surface area contributed by atoms with Crippen molar-refractivity contribution < 1.29 is 19.1 Å². The largest absolute Gasteiger partial charge is 0.494 e. The highest BCUT2D eigenvalue weighted by atomic mass is 16.5. The molecule has 0 saturated carbocycles. The lowest BCUT2D eigenvalue weighted by atomic mass is 10.0. The highest BCUT2D eigenvalue weighted by molar-refractivity contribution is 5.94. The van der Waals surface area contributed by atoms with Crippen LogP contribution in [0, 0.1) is 13.8 Å². The molecule has 6 heteroatoms. The SMILES string of the molecule is Cc1ccc(C)c(OC2CCN(C(=O)CCCOc3ccc4c(c3)CCC(=O)N4)CC2)c1. The van der Waals surface area contributed by atoms with E-state index in [0.29, 0.717) is 25.9 Å². The van der Waals surface area contributed by atoms with E-state index >= 15 is 0 Å². The molecule has 1 N–H and O–H groups in total. The van der Waals surface area contributed by atoms with Crippen molar-refractivity contribution in [3.8, 4) is 11.5 Å². The number of rotatable bonds is 7. The molecular formula is C26H32N2O4. The predicted octanol–water partition coefficient (Wildman–Crippen LogP) is 4.42. The summed E-state index contributed by atoms with van der Waals surface area (Å²) < 4.78 is 12.0. The van der Waals surface area contributed by atoms with Gasteiger partial charge in [0.2, 0.25) is 11.8 Å². The lowest BCUT2D eigenvalue weighted by Gasteiger charge is -2.32. The summed E-state index contributed by atoms with van der Waals surface area (Å²) >= 11 is 0. The van der Waals surface area contributed by atoms with E-state index in [2.05, 4.69) is 37.4 Å². The number of ether oxygens (including phenoxy) is 2. The molecule has 2 amide bonds. The van der Waals surface area contributed by atoms with Crippen LogP contribution >= 0.6 is 0 Å². The van der Waals surface area contributed by atoms with Crippen LogP contribution in [0.4, 0.5) is 5.69 Å². The zero-order valence-corrected chi connectivity index (χ0v) is 19.0. The number of piperidine rings is 1. The standard InChI is InChI=1S/C26H32N2O4/c1-18-5-6-19(2)24(16-18)32-21-11-13-28(14-12-21)26(30)4-3-15-31-22-8-9-23-20(17-22)7-10-25(29)27-23/h5-6,8-9,16-17,21H,3-4,7,10-15H2,1-2H3,(H,27,29). The summed E-state index contributed by atoms with van der Waals surface area (Å²) in [7, 11) is 0. The molecule has 2 heterocycles. The van der Waals surface area contributed by atoms with Gasteiger partial charge < -0.3 is 19.7 Å². The summed E-state index contributed by atoms with van der Waals surface area (Å²) in [6, 6.07) is 12.0. The Morgan fingerprint density at radius 1 is 1.09 bits per heavy atom. The summed E-state index contributed by atoms with van der Waals surface area (Å²) in [6.45, 7) is 6.13. The summed E-state index contributed by atoms with van der Waals surface area (Å²) in [6.07, 6.45) is 4.31. The van der Waals surface area contributed by atoms with Gasteiger partial charge in [-0.3, -0.25) is 9.59 Å². The number of amides is 2. The van der Waals surface area contributed by atoms with Crippen molar-refractivity contribution in [2.45, 2.75) is 58.5 Å². The van der Waals surface area contributed by atoms with E-state index in [0.717, 1.165) is 60.7 Å². The van der Waals surface area contributed by atoms with Gasteiger partial charge in [0.15, 0.2) is 0 Å². The quantitative estimate of drug-likeness (QED) is 0.653. The van der Waals surface area contributed by atoms with Crippen LogP contribution in [0.3, 0.4) is 0 Å². The van der Waals surface area contributed by atoms with Gasteiger partial charge in [0.1, 0.15) is 17.6 Å². The fourth-order valence-corrected chi connectivity index (χ4v) is 4.26. The maximum Gasteiger partial charge on any atom is 0.224 e. The van der Waals surface area contributed by atoms with Crippen LogP contribution in [0.15, 0.2) is 36.4 Å². The zero-order valence-electron chi connectivity index (χ0n) is 19.0. The third kappa shape index (κ3) is 5.61. The second kappa shape index (κ2) is 10.1. The molecule has 4 rings (SSSR count). The summed E-state index contributed by atoms with van der Waals surface area (Å²) in [5.74, 6) is 1.99. The van der Waals surface area contributed by atoms with Gasteiger partial charge in [0.25, 0.3) is 0 Å². The molecule has 2 aliphatic rings. The Morgan fingerprint density at radius 3 is 2.72 bits per heavy atom. The molecule has 0 bridgehead atoms. The molecule has 0 unspecified atom stereocenters. The average Bonchev–Trinajstić information content (AvgIpc) is 2.79. The molecule has 170 valence electrons. The molecule has 0 atom stereocenters. The first-order valence-corrected chi connectivity index (χ1v) is 11.6. The van der Waals surface area contributed by atoms with Crippen LogP contribution in [-0.4, -0.2) is 42.5 Å². The summed E-state index contributed by atoms with van der Waals surface area (Å²) in [5.41, 5.74) is 4.32. The Hall–Kier alpha value is -3.02. The minimum absolute atomic E-state index is 0.0607. The van der Waals surface area contributed by atoms with Crippen LogP contribution in [0.1, 0.15) is 48.8 Å². The van der Waals surface area contributed by atoms with Gasteiger partial charge in [-0.25, -0.2) is 0 Å². The smallest absolute Gasteiger partial charge is 0.224 e. The normalized spacial score (nSPS) is 16.3. The average molecular weight is 437 g/mol. The van der Waals surface area contributed by atoms with Gasteiger partial charge in [-0.05, 0) is 67.6 Å². The summed E-state index contributed by atoms with van der Waals surface area (Å²) in [5, 5.41) is 2.87. The molecule has 1 fully saturated rings. The number of fused-ring (bicyclic) bond motifs is 1. The molecule has 0 radical (unpaired) electrons. The number of aryl methyl sites for hydroxylation is 3. The third-order valence-corrected chi connectivity index (χ3v) is 6.21. The van der Waals surface area contributed by atoms with Gasteiger partial charge in [-0.1, -0.05) is 12.1 Å². The summed E-state index contributed by atoms with van der Waals surface area (Å²) in [4.78, 5) is 26.0. The maximum absolute atomic E-state index is 12.6. The maximum atomic E-state index is 12.6. The molecule has 0 aliphatic carbocycles. The van der Waals surface area contributed by atoms with Crippen molar-refractivity contribution in [3.63, 3.8) is 0 Å². The first-order chi connectivity index (χ1) is 15.5. The van der Waals surface area contributed by atoms with Crippen LogP contribution in [0.25, 0.3) is 0 Å². The zero-order chi connectivity index (χ0) is 22.5. The highest BCUT2D eigenvalue weighted by Gasteiger charge is 2.24. The van der Waals surface area contributed by atoms with Gasteiger partial charge in [-0.2, -0.15) is 0 Å². The number of carbonyl (C=O) groups excluding carboxylic acids is 2. The van der Waals surface area contributed by atoms with E-state index in [1.54, 1.807) is 0 Å². The number of carbonyl (C=O) groups is 2. The molecular weight excluding hydrogens is 404 g/mol. The Labute approximate surface area is 189 Å². The molecule has 2 aliphatic heterocycles. The van der Waals surface area contributed by atoms with Crippen molar-refractivity contribution >= 4 is 17.5 Å². The second-order valence-corrected chi connectivity index (χ2v) is 8.79. The van der Waals surface area contributed by atoms with Gasteiger partial charge >= 0.3 is 0 Å². The molecule has 6 nitrogen and oxygen atoms in total. The third-order valence-electron chi connectivity index (χ3n) is 6.21. The first kappa shape index (κ1) is 22.2. The Kier molecular flexibility index (Phi) is 6.98. The number of hydrogen-bond acceptors (Lipinski definition) is 4. The topological polar surface area (TPSA) is 67.9 Å². The minimum Gasteiger partial charge on any atom is -0.494 e. The van der Waals surface area contributed by atoms with E-state index in [-0.39, 0.29) is 17.9 Å². The van der Waals surface area contributed by atoms with Crippen molar-refractivity contribution in [2.24, 2.45) is 0 Å². The molecule has 0 spiro atoms. The lowest BCUT2D eigenvalue weighted by Crippen LogP contribution is -2.41. The van der Waals surface area contributed by atoms with Gasteiger partial charge in [0.05, 0.1) is 6.61 Å². The van der Waals surface area contributed by atoms with E-state index in [9.17, 15) is 9.59 Å². The van der Waals surface area contributed by atoms with E-state index in [1.165, 1.54) is 5.56 Å². The fraction of sp³-hybridized carbons (Fsp3) is 0.462. The number of benzene rings is 2. The first-order valence-electron chi connectivity index (χ1n) is 11.6. The highest BCUT2D eigenvalue weighted by Crippen LogP contribution is 2.27. The van der Waals surface area contributed by atoms with Crippen LogP contribution in [0.5, 0.6) is 11.5 Å².